The summed E-state index contributed by atoms with van der Waals surface area (Å²) in [5.74, 6) is 1.42. The van der Waals surface area contributed by atoms with Gasteiger partial charge in [0.1, 0.15) is 5.82 Å². The average molecular weight is 471 g/mol. The lowest BCUT2D eigenvalue weighted by Gasteiger charge is -2.11. The van der Waals surface area contributed by atoms with E-state index in [-0.39, 0.29) is 0 Å². The second kappa shape index (κ2) is 9.49. The van der Waals surface area contributed by atoms with Crippen LogP contribution in [0.2, 0.25) is 0 Å². The van der Waals surface area contributed by atoms with Crippen molar-refractivity contribution in [2.24, 2.45) is 7.05 Å². The predicted molar refractivity (Wildman–Crippen MR) is 133 cm³/mol. The van der Waals surface area contributed by atoms with Gasteiger partial charge in [-0.05, 0) is 33.5 Å². The molecular weight excluding hydrogens is 444 g/mol. The molecule has 0 amide bonds. The quantitative estimate of drug-likeness (QED) is 0.336. The lowest BCUT2D eigenvalue weighted by atomic mass is 9.98. The van der Waals surface area contributed by atoms with Crippen LogP contribution < -0.4 is 11.2 Å². The molecule has 3 aromatic heterocycles. The molecule has 0 saturated heterocycles. The number of nitrogens with one attached hydrogen (secondary N) is 2. The van der Waals surface area contributed by atoms with E-state index in [1.54, 1.807) is 7.05 Å². The topological polar surface area (TPSA) is 127 Å². The molecule has 5 rings (SSSR count). The normalized spacial score (nSPS) is 11.4. The van der Waals surface area contributed by atoms with Crippen molar-refractivity contribution >= 4 is 11.2 Å². The molecular formula is C25H26N8O2. The molecule has 10 heteroatoms. The summed E-state index contributed by atoms with van der Waals surface area (Å²) < 4.78 is 3.33. The molecule has 0 saturated carbocycles. The second-order valence-corrected chi connectivity index (χ2v) is 8.55. The average Bonchev–Trinajstić information content (AvgIpc) is 3.53. The molecule has 5 aromatic rings. The maximum absolute atomic E-state index is 12.7. The summed E-state index contributed by atoms with van der Waals surface area (Å²) in [4.78, 5) is 32.0. The Morgan fingerprint density at radius 1 is 0.971 bits per heavy atom. The van der Waals surface area contributed by atoms with Crippen LogP contribution in [0.25, 0.3) is 33.7 Å². The maximum atomic E-state index is 12.7. The Morgan fingerprint density at radius 3 is 2.46 bits per heavy atom. The summed E-state index contributed by atoms with van der Waals surface area (Å²) in [6.45, 7) is 2.63. The van der Waals surface area contributed by atoms with E-state index in [1.165, 1.54) is 4.57 Å². The maximum Gasteiger partial charge on any atom is 0.329 e. The number of nitrogens with zero attached hydrogens (tertiary/aromatic N) is 6. The zero-order chi connectivity index (χ0) is 24.4. The Bertz CT molecular complexity index is 1580. The summed E-state index contributed by atoms with van der Waals surface area (Å²) in [6.07, 6.45) is 3.88. The molecule has 3 heterocycles. The van der Waals surface area contributed by atoms with Gasteiger partial charge in [0.2, 0.25) is 0 Å². The van der Waals surface area contributed by atoms with E-state index in [1.807, 2.05) is 53.1 Å². The standard InChI is InChI=1S/C25H26N8O2/c1-3-4-5-10-20-26-23-21(24(34)27-25(35)32(23)2)33(20)15-16-11-13-17(14-12-16)18-8-6-7-9-19(18)22-28-30-31-29-22/h6-9,11-14H,3-5,10,15H2,1-2H3,(H,27,34,35)(H,28,29,30,31). The minimum absolute atomic E-state index is 0.413. The van der Waals surface area contributed by atoms with Gasteiger partial charge in [-0.1, -0.05) is 68.3 Å². The molecule has 2 N–H and O–H groups in total. The summed E-state index contributed by atoms with van der Waals surface area (Å²) in [5.41, 5.74) is 3.94. The second-order valence-electron chi connectivity index (χ2n) is 8.55. The fraction of sp³-hybridized carbons (Fsp3) is 0.280. The zero-order valence-electron chi connectivity index (χ0n) is 19.7. The number of hydrogen-bond acceptors (Lipinski definition) is 6. The summed E-state index contributed by atoms with van der Waals surface area (Å²) in [6, 6.07) is 16.1. The molecule has 0 spiro atoms. The van der Waals surface area contributed by atoms with Gasteiger partial charge in [0, 0.05) is 25.6 Å². The highest BCUT2D eigenvalue weighted by molar-refractivity contribution is 5.80. The number of rotatable bonds is 8. The third-order valence-corrected chi connectivity index (χ3v) is 6.22. The number of imidazole rings is 1. The van der Waals surface area contributed by atoms with Gasteiger partial charge in [-0.3, -0.25) is 14.3 Å². The van der Waals surface area contributed by atoms with E-state index in [0.29, 0.717) is 23.5 Å². The molecule has 0 unspecified atom stereocenters. The van der Waals surface area contributed by atoms with Crippen LogP contribution in [0.15, 0.2) is 58.1 Å². The number of aromatic amines is 2. The van der Waals surface area contributed by atoms with Crippen LogP contribution in [-0.4, -0.2) is 39.7 Å². The third kappa shape index (κ3) is 4.30. The highest BCUT2D eigenvalue weighted by Crippen LogP contribution is 2.30. The zero-order valence-corrected chi connectivity index (χ0v) is 19.7. The van der Waals surface area contributed by atoms with E-state index >= 15 is 0 Å². The molecule has 10 nitrogen and oxygen atoms in total. The number of tetrazole rings is 1. The van der Waals surface area contributed by atoms with E-state index < -0.39 is 11.2 Å². The van der Waals surface area contributed by atoms with Gasteiger partial charge in [0.15, 0.2) is 17.0 Å². The first kappa shape index (κ1) is 22.5. The van der Waals surface area contributed by atoms with Crippen LogP contribution in [0.3, 0.4) is 0 Å². The summed E-state index contributed by atoms with van der Waals surface area (Å²) >= 11 is 0. The number of fused-ring (bicyclic) bond motifs is 1. The van der Waals surface area contributed by atoms with Crippen LogP contribution in [0.1, 0.15) is 37.6 Å². The Hall–Kier alpha value is -4.34. The van der Waals surface area contributed by atoms with Crippen molar-refractivity contribution in [1.82, 2.24) is 39.7 Å². The van der Waals surface area contributed by atoms with Crippen LogP contribution in [0.4, 0.5) is 0 Å². The van der Waals surface area contributed by atoms with Crippen LogP contribution in [0, 0.1) is 0 Å². The first-order chi connectivity index (χ1) is 17.1. The molecule has 0 atom stereocenters. The van der Waals surface area contributed by atoms with Gasteiger partial charge in [0.25, 0.3) is 5.56 Å². The molecule has 0 bridgehead atoms. The molecule has 0 aliphatic carbocycles. The largest absolute Gasteiger partial charge is 0.329 e. The molecule has 35 heavy (non-hydrogen) atoms. The van der Waals surface area contributed by atoms with Gasteiger partial charge < -0.3 is 4.57 Å². The van der Waals surface area contributed by atoms with E-state index in [9.17, 15) is 9.59 Å². The summed E-state index contributed by atoms with van der Waals surface area (Å²) in [7, 11) is 1.63. The highest BCUT2D eigenvalue weighted by Gasteiger charge is 2.17. The SMILES string of the molecule is CCCCCc1nc2c(c(=O)[nH]c(=O)n2C)n1Cc1ccc(-c2ccccc2-c2nnn[nH]2)cc1. The monoisotopic (exact) mass is 470 g/mol. The first-order valence-corrected chi connectivity index (χ1v) is 11.7. The van der Waals surface area contributed by atoms with Crippen molar-refractivity contribution in [3.8, 4) is 22.5 Å². The van der Waals surface area contributed by atoms with E-state index in [0.717, 1.165) is 53.8 Å². The van der Waals surface area contributed by atoms with E-state index in [2.05, 4.69) is 32.5 Å². The highest BCUT2D eigenvalue weighted by atomic mass is 16.2. The molecule has 0 fully saturated rings. The lowest BCUT2D eigenvalue weighted by molar-refractivity contribution is 0.658. The first-order valence-electron chi connectivity index (χ1n) is 11.7. The number of hydrogen-bond donors (Lipinski definition) is 2. The third-order valence-electron chi connectivity index (χ3n) is 6.22. The van der Waals surface area contributed by atoms with Crippen molar-refractivity contribution in [2.75, 3.05) is 0 Å². The number of aromatic nitrogens is 8. The molecule has 0 aliphatic rings. The minimum Gasteiger partial charge on any atom is -0.318 e. The van der Waals surface area contributed by atoms with Crippen LogP contribution >= 0.6 is 0 Å². The van der Waals surface area contributed by atoms with Gasteiger partial charge in [-0.15, -0.1) is 5.10 Å². The van der Waals surface area contributed by atoms with Crippen molar-refractivity contribution in [3.05, 3.63) is 80.8 Å². The van der Waals surface area contributed by atoms with Crippen LogP contribution in [-0.2, 0) is 20.0 Å². The number of unbranched alkanes of at least 4 members (excludes halogenated alkanes) is 2. The van der Waals surface area contributed by atoms with Crippen molar-refractivity contribution < 1.29 is 0 Å². The van der Waals surface area contributed by atoms with E-state index in [4.69, 9.17) is 4.98 Å². The minimum atomic E-state index is -0.461. The summed E-state index contributed by atoms with van der Waals surface area (Å²) in [5, 5.41) is 14.2. The van der Waals surface area contributed by atoms with Gasteiger partial charge in [-0.25, -0.2) is 14.9 Å². The molecule has 2 aromatic carbocycles. The molecule has 0 radical (unpaired) electrons. The van der Waals surface area contributed by atoms with Gasteiger partial charge in [-0.2, -0.15) is 0 Å². The Labute approximate surface area is 200 Å². The predicted octanol–water partition coefficient (Wildman–Crippen LogP) is 3.05. The fourth-order valence-corrected chi connectivity index (χ4v) is 4.36. The van der Waals surface area contributed by atoms with Crippen molar-refractivity contribution in [2.45, 2.75) is 39.2 Å². The lowest BCUT2D eigenvalue weighted by Crippen LogP contribution is -2.29. The van der Waals surface area contributed by atoms with Gasteiger partial charge in [0.05, 0.1) is 0 Å². The number of aryl methyl sites for hydroxylation is 2. The Kier molecular flexibility index (Phi) is 6.09. The number of H-pyrrole nitrogens is 2. The van der Waals surface area contributed by atoms with Crippen LogP contribution in [0.5, 0.6) is 0 Å². The molecule has 0 aliphatic heterocycles. The smallest absolute Gasteiger partial charge is 0.318 e. The fourth-order valence-electron chi connectivity index (χ4n) is 4.36. The number of benzene rings is 2. The van der Waals surface area contributed by atoms with Crippen molar-refractivity contribution in [3.63, 3.8) is 0 Å². The Balaban J connectivity index is 1.52. The molecule has 178 valence electrons. The van der Waals surface area contributed by atoms with Gasteiger partial charge >= 0.3 is 5.69 Å². The van der Waals surface area contributed by atoms with Crippen molar-refractivity contribution in [1.29, 1.82) is 0 Å². The Morgan fingerprint density at radius 2 is 1.74 bits per heavy atom.